The molecule has 22 heavy (non-hydrogen) atoms. The van der Waals surface area contributed by atoms with Gasteiger partial charge in [-0.3, -0.25) is 9.59 Å². The minimum Gasteiger partial charge on any atom is -0.461 e. The number of esters is 2. The zero-order valence-electron chi connectivity index (χ0n) is 12.7. The van der Waals surface area contributed by atoms with E-state index < -0.39 is 0 Å². The maximum Gasteiger partial charge on any atom is 0.302 e. The summed E-state index contributed by atoms with van der Waals surface area (Å²) in [6.07, 6.45) is 0. The van der Waals surface area contributed by atoms with Gasteiger partial charge in [-0.05, 0) is 22.3 Å². The Hall–Kier alpha value is -2.62. The summed E-state index contributed by atoms with van der Waals surface area (Å²) in [5, 5.41) is 0. The van der Waals surface area contributed by atoms with Crippen molar-refractivity contribution in [3.63, 3.8) is 0 Å². The molecule has 0 aliphatic carbocycles. The van der Waals surface area contributed by atoms with Crippen molar-refractivity contribution in [2.75, 3.05) is 0 Å². The first-order valence-electron chi connectivity index (χ1n) is 7.01. The fourth-order valence-corrected chi connectivity index (χ4v) is 2.23. The number of hydrogen-bond acceptors (Lipinski definition) is 4. The second-order valence-corrected chi connectivity index (χ2v) is 4.88. The fourth-order valence-electron chi connectivity index (χ4n) is 2.23. The largest absolute Gasteiger partial charge is 0.461 e. The minimum atomic E-state index is -0.329. The molecule has 0 unspecified atom stereocenters. The molecule has 0 saturated carbocycles. The van der Waals surface area contributed by atoms with Crippen LogP contribution in [0.5, 0.6) is 0 Å². The van der Waals surface area contributed by atoms with Gasteiger partial charge in [0.1, 0.15) is 13.2 Å². The lowest BCUT2D eigenvalue weighted by atomic mass is 9.95. The number of carbonyl (C=O) groups excluding carboxylic acids is 2. The highest BCUT2D eigenvalue weighted by Gasteiger charge is 2.12. The molecule has 2 aromatic carbocycles. The fraction of sp³-hybridized carbons (Fsp3) is 0.222. The summed E-state index contributed by atoms with van der Waals surface area (Å²) in [6.45, 7) is 3.14. The molecule has 4 nitrogen and oxygen atoms in total. The molecular formula is C18H18O4. The van der Waals surface area contributed by atoms with E-state index in [1.54, 1.807) is 0 Å². The molecule has 0 saturated heterocycles. The van der Waals surface area contributed by atoms with Gasteiger partial charge in [0.2, 0.25) is 0 Å². The topological polar surface area (TPSA) is 52.6 Å². The standard InChI is InChI=1S/C18H18O4/c1-13(19)21-11-16-9-6-10-17(12-22-14(2)20)18(16)15-7-4-3-5-8-15/h3-10H,11-12H2,1-2H3. The highest BCUT2D eigenvalue weighted by molar-refractivity contribution is 5.72. The van der Waals surface area contributed by atoms with Crippen LogP contribution in [0, 0.1) is 0 Å². The Morgan fingerprint density at radius 1 is 0.773 bits per heavy atom. The van der Waals surface area contributed by atoms with Gasteiger partial charge in [0.25, 0.3) is 0 Å². The van der Waals surface area contributed by atoms with E-state index in [1.807, 2.05) is 48.5 Å². The summed E-state index contributed by atoms with van der Waals surface area (Å²) in [6, 6.07) is 15.4. The van der Waals surface area contributed by atoms with E-state index in [0.29, 0.717) is 0 Å². The second kappa shape index (κ2) is 7.41. The van der Waals surface area contributed by atoms with Crippen molar-refractivity contribution in [1.29, 1.82) is 0 Å². The predicted molar refractivity (Wildman–Crippen MR) is 82.8 cm³/mol. The lowest BCUT2D eigenvalue weighted by Gasteiger charge is -2.15. The van der Waals surface area contributed by atoms with E-state index in [0.717, 1.165) is 22.3 Å². The Bertz CT molecular complexity index is 626. The molecule has 0 bridgehead atoms. The first-order valence-corrected chi connectivity index (χ1v) is 7.01. The Morgan fingerprint density at radius 3 is 1.73 bits per heavy atom. The van der Waals surface area contributed by atoms with Crippen LogP contribution in [0.1, 0.15) is 25.0 Å². The summed E-state index contributed by atoms with van der Waals surface area (Å²) in [5.41, 5.74) is 3.69. The Labute approximate surface area is 129 Å². The van der Waals surface area contributed by atoms with Crippen molar-refractivity contribution >= 4 is 11.9 Å². The summed E-state index contributed by atoms with van der Waals surface area (Å²) in [7, 11) is 0. The molecule has 0 radical (unpaired) electrons. The molecule has 0 spiro atoms. The summed E-state index contributed by atoms with van der Waals surface area (Å²) in [4.78, 5) is 22.1. The average Bonchev–Trinajstić information content (AvgIpc) is 2.51. The maximum atomic E-state index is 11.1. The number of benzene rings is 2. The SMILES string of the molecule is CC(=O)OCc1cccc(COC(C)=O)c1-c1ccccc1. The van der Waals surface area contributed by atoms with E-state index >= 15 is 0 Å². The molecule has 2 rings (SSSR count). The van der Waals surface area contributed by atoms with Crippen LogP contribution in [0.15, 0.2) is 48.5 Å². The van der Waals surface area contributed by atoms with Gasteiger partial charge in [-0.1, -0.05) is 48.5 Å². The van der Waals surface area contributed by atoms with Crippen LogP contribution in [0.25, 0.3) is 11.1 Å². The van der Waals surface area contributed by atoms with Crippen molar-refractivity contribution in [1.82, 2.24) is 0 Å². The van der Waals surface area contributed by atoms with Gasteiger partial charge in [-0.25, -0.2) is 0 Å². The summed E-state index contributed by atoms with van der Waals surface area (Å²) >= 11 is 0. The van der Waals surface area contributed by atoms with E-state index in [9.17, 15) is 9.59 Å². The molecule has 0 aliphatic heterocycles. The van der Waals surface area contributed by atoms with E-state index in [-0.39, 0.29) is 25.2 Å². The smallest absolute Gasteiger partial charge is 0.302 e. The third-order valence-electron chi connectivity index (χ3n) is 3.16. The molecule has 0 aliphatic rings. The van der Waals surface area contributed by atoms with Gasteiger partial charge < -0.3 is 9.47 Å². The monoisotopic (exact) mass is 298 g/mol. The Balaban J connectivity index is 2.42. The normalized spacial score (nSPS) is 10.1. The number of ether oxygens (including phenoxy) is 2. The second-order valence-electron chi connectivity index (χ2n) is 4.88. The zero-order valence-corrected chi connectivity index (χ0v) is 12.7. The van der Waals surface area contributed by atoms with Gasteiger partial charge in [-0.15, -0.1) is 0 Å². The molecule has 0 N–H and O–H groups in total. The van der Waals surface area contributed by atoms with Crippen LogP contribution in [-0.2, 0) is 32.3 Å². The van der Waals surface area contributed by atoms with Gasteiger partial charge in [0.05, 0.1) is 0 Å². The molecular weight excluding hydrogens is 280 g/mol. The van der Waals surface area contributed by atoms with Crippen LogP contribution in [0.4, 0.5) is 0 Å². The lowest BCUT2D eigenvalue weighted by Crippen LogP contribution is -2.05. The summed E-state index contributed by atoms with van der Waals surface area (Å²) < 4.78 is 10.2. The van der Waals surface area contributed by atoms with Crippen molar-refractivity contribution in [3.8, 4) is 11.1 Å². The molecule has 4 heteroatoms. The molecule has 0 atom stereocenters. The number of hydrogen-bond donors (Lipinski definition) is 0. The van der Waals surface area contributed by atoms with Gasteiger partial charge in [0.15, 0.2) is 0 Å². The first-order chi connectivity index (χ1) is 10.6. The van der Waals surface area contributed by atoms with Gasteiger partial charge in [-0.2, -0.15) is 0 Å². The van der Waals surface area contributed by atoms with Crippen molar-refractivity contribution in [3.05, 3.63) is 59.7 Å². The van der Waals surface area contributed by atoms with Crippen LogP contribution in [0.2, 0.25) is 0 Å². The molecule has 2 aromatic rings. The maximum absolute atomic E-state index is 11.1. The van der Waals surface area contributed by atoms with E-state index in [2.05, 4.69) is 0 Å². The highest BCUT2D eigenvalue weighted by Crippen LogP contribution is 2.29. The molecule has 0 aromatic heterocycles. The van der Waals surface area contributed by atoms with Crippen LogP contribution < -0.4 is 0 Å². The molecule has 114 valence electrons. The number of carbonyl (C=O) groups is 2. The van der Waals surface area contributed by atoms with Crippen LogP contribution >= 0.6 is 0 Å². The van der Waals surface area contributed by atoms with Crippen LogP contribution in [-0.4, -0.2) is 11.9 Å². The lowest BCUT2D eigenvalue weighted by molar-refractivity contribution is -0.142. The number of rotatable bonds is 5. The Kier molecular flexibility index (Phi) is 5.31. The molecule has 0 heterocycles. The minimum absolute atomic E-state index is 0.188. The molecule has 0 amide bonds. The quantitative estimate of drug-likeness (QED) is 0.793. The van der Waals surface area contributed by atoms with Crippen molar-refractivity contribution in [2.24, 2.45) is 0 Å². The van der Waals surface area contributed by atoms with E-state index in [4.69, 9.17) is 9.47 Å². The third kappa shape index (κ3) is 4.19. The third-order valence-corrected chi connectivity index (χ3v) is 3.16. The highest BCUT2D eigenvalue weighted by atomic mass is 16.5. The zero-order chi connectivity index (χ0) is 15.9. The van der Waals surface area contributed by atoms with Gasteiger partial charge >= 0.3 is 11.9 Å². The van der Waals surface area contributed by atoms with Crippen molar-refractivity contribution < 1.29 is 19.1 Å². The molecule has 0 fully saturated rings. The Morgan fingerprint density at radius 2 is 1.27 bits per heavy atom. The summed E-state index contributed by atoms with van der Waals surface area (Å²) in [5.74, 6) is -0.659. The first kappa shape index (κ1) is 15.8. The average molecular weight is 298 g/mol. The predicted octanol–water partition coefficient (Wildman–Crippen LogP) is 3.48. The van der Waals surface area contributed by atoms with Gasteiger partial charge in [0, 0.05) is 13.8 Å². The van der Waals surface area contributed by atoms with Crippen molar-refractivity contribution in [2.45, 2.75) is 27.1 Å². The van der Waals surface area contributed by atoms with E-state index in [1.165, 1.54) is 13.8 Å². The van der Waals surface area contributed by atoms with Crippen LogP contribution in [0.3, 0.4) is 0 Å².